The number of carbonyl (C=O) groups excluding carboxylic acids is 2. The molecule has 2 saturated carbocycles. The number of anilines is 1. The Morgan fingerprint density at radius 1 is 1.02 bits per heavy atom. The molecule has 3 aromatic rings. The fraction of sp³-hybridized carbons (Fsp3) is 0.500. The zero-order valence-electron chi connectivity index (χ0n) is 27.6. The van der Waals surface area contributed by atoms with E-state index in [2.05, 4.69) is 10.6 Å². The summed E-state index contributed by atoms with van der Waals surface area (Å²) in [4.78, 5) is 41.8. The number of aliphatic hydroxyl groups excluding tert-OH is 1. The second-order valence-corrected chi connectivity index (χ2v) is 14.2. The van der Waals surface area contributed by atoms with Crippen molar-refractivity contribution in [2.24, 2.45) is 0 Å². The molecule has 4 aliphatic rings. The molecule has 1 aromatic heterocycles. The minimum absolute atomic E-state index is 0.0329. The van der Waals surface area contributed by atoms with Gasteiger partial charge in [0.15, 0.2) is 11.6 Å². The summed E-state index contributed by atoms with van der Waals surface area (Å²) in [6.45, 7) is 0.459. The van der Waals surface area contributed by atoms with Crippen molar-refractivity contribution in [1.29, 1.82) is 0 Å². The van der Waals surface area contributed by atoms with Crippen molar-refractivity contribution in [3.8, 4) is 5.75 Å². The average Bonchev–Trinajstić information content (AvgIpc) is 3.88. The highest BCUT2D eigenvalue weighted by Gasteiger charge is 2.44. The molecule has 9 nitrogen and oxygen atoms in total. The molecule has 260 valence electrons. The molecule has 0 radical (unpaired) electrons. The lowest BCUT2D eigenvalue weighted by atomic mass is 9.85. The summed E-state index contributed by atoms with van der Waals surface area (Å²) in [5.74, 6) is -1.98. The first kappa shape index (κ1) is 33.4. The van der Waals surface area contributed by atoms with Crippen molar-refractivity contribution in [2.75, 3.05) is 18.0 Å². The van der Waals surface area contributed by atoms with Gasteiger partial charge in [-0.1, -0.05) is 43.2 Å². The quantitative estimate of drug-likeness (QED) is 0.262. The molecule has 0 unspecified atom stereocenters. The maximum absolute atomic E-state index is 15.0. The highest BCUT2D eigenvalue weighted by atomic mass is 19.1. The first-order chi connectivity index (χ1) is 23.7. The van der Waals surface area contributed by atoms with Crippen molar-refractivity contribution >= 4 is 17.5 Å². The lowest BCUT2D eigenvalue weighted by Crippen LogP contribution is -2.50. The number of fused-ring (bicyclic) bond motifs is 1. The van der Waals surface area contributed by atoms with E-state index in [4.69, 9.17) is 4.74 Å². The number of benzene rings is 2. The third kappa shape index (κ3) is 7.01. The van der Waals surface area contributed by atoms with Gasteiger partial charge in [0.1, 0.15) is 17.1 Å². The van der Waals surface area contributed by atoms with Gasteiger partial charge in [-0.3, -0.25) is 14.4 Å². The van der Waals surface area contributed by atoms with E-state index in [1.54, 1.807) is 10.8 Å². The van der Waals surface area contributed by atoms with Crippen molar-refractivity contribution < 1.29 is 28.2 Å². The number of halogens is 2. The smallest absolute Gasteiger partial charge is 0.274 e. The van der Waals surface area contributed by atoms with E-state index in [9.17, 15) is 28.3 Å². The van der Waals surface area contributed by atoms with Gasteiger partial charge in [0.2, 0.25) is 5.91 Å². The molecule has 49 heavy (non-hydrogen) atoms. The third-order valence-electron chi connectivity index (χ3n) is 10.8. The molecule has 2 aliphatic heterocycles. The van der Waals surface area contributed by atoms with Crippen LogP contribution in [0.15, 0.2) is 59.5 Å². The van der Waals surface area contributed by atoms with Crippen LogP contribution in [0.3, 0.4) is 0 Å². The van der Waals surface area contributed by atoms with E-state index >= 15 is 0 Å². The number of ether oxygens (including phenoxy) is 1. The van der Waals surface area contributed by atoms with Crippen LogP contribution in [0.5, 0.6) is 5.75 Å². The topological polar surface area (TPSA) is 113 Å². The van der Waals surface area contributed by atoms with Gasteiger partial charge in [-0.2, -0.15) is 0 Å². The summed E-state index contributed by atoms with van der Waals surface area (Å²) in [7, 11) is 0. The van der Waals surface area contributed by atoms with Gasteiger partial charge in [0, 0.05) is 55.8 Å². The van der Waals surface area contributed by atoms with Gasteiger partial charge in [-0.25, -0.2) is 8.78 Å². The number of aliphatic hydroxyl groups is 1. The molecule has 3 atom stereocenters. The summed E-state index contributed by atoms with van der Waals surface area (Å²) in [5.41, 5.74) is 0.909. The van der Waals surface area contributed by atoms with Gasteiger partial charge in [-0.05, 0) is 69.1 Å². The lowest BCUT2D eigenvalue weighted by Gasteiger charge is -2.41. The maximum atomic E-state index is 15.0. The summed E-state index contributed by atoms with van der Waals surface area (Å²) in [5, 5.41) is 18.1. The summed E-state index contributed by atoms with van der Waals surface area (Å²) < 4.78 is 37.2. The van der Waals surface area contributed by atoms with Crippen molar-refractivity contribution in [3.63, 3.8) is 0 Å². The van der Waals surface area contributed by atoms with E-state index in [-0.39, 0.29) is 41.1 Å². The molecule has 11 heteroatoms. The van der Waals surface area contributed by atoms with Crippen LogP contribution < -0.4 is 25.8 Å². The Morgan fingerprint density at radius 2 is 1.78 bits per heavy atom. The standard InChI is InChI=1S/C38H44F2N4O5/c39-26-19-28-31(21-38(14-6-7-15-38)49-35(28)29(40)20-26)41-22-33(45)30(17-24-9-2-1-3-10-24)42-36(47)25-18-32(43-16-8-13-34(43)46)37(48)44(23-25)27-11-4-5-12-27/h1-3,9-10,18-20,23,27,30-31,33,41,45H,4-8,11-17,21-22H2,(H,42,47)/t30-,31-,33+/m0/s1. The molecule has 3 heterocycles. The third-order valence-corrected chi connectivity index (χ3v) is 10.8. The molecule has 2 amide bonds. The minimum atomic E-state index is -1.09. The number of carbonyl (C=O) groups is 2. The van der Waals surface area contributed by atoms with Crippen LogP contribution in [-0.2, 0) is 11.2 Å². The largest absolute Gasteiger partial charge is 0.484 e. The molecule has 7 rings (SSSR count). The van der Waals surface area contributed by atoms with Gasteiger partial charge in [0.25, 0.3) is 11.5 Å². The highest BCUT2D eigenvalue weighted by molar-refractivity contribution is 5.98. The van der Waals surface area contributed by atoms with E-state index in [0.717, 1.165) is 63.0 Å². The van der Waals surface area contributed by atoms with Crippen LogP contribution in [0.2, 0.25) is 0 Å². The predicted molar refractivity (Wildman–Crippen MR) is 181 cm³/mol. The Morgan fingerprint density at radius 3 is 2.49 bits per heavy atom. The molecular weight excluding hydrogens is 630 g/mol. The maximum Gasteiger partial charge on any atom is 0.274 e. The molecule has 1 saturated heterocycles. The van der Waals surface area contributed by atoms with Crippen LogP contribution in [0.25, 0.3) is 0 Å². The number of hydrogen-bond acceptors (Lipinski definition) is 6. The highest BCUT2D eigenvalue weighted by Crippen LogP contribution is 2.48. The van der Waals surface area contributed by atoms with Crippen molar-refractivity contribution in [1.82, 2.24) is 15.2 Å². The van der Waals surface area contributed by atoms with E-state index in [1.807, 2.05) is 30.3 Å². The Labute approximate surface area is 284 Å². The molecule has 2 aliphatic carbocycles. The van der Waals surface area contributed by atoms with E-state index in [1.165, 1.54) is 17.0 Å². The first-order valence-corrected chi connectivity index (χ1v) is 17.7. The molecule has 2 aromatic carbocycles. The Hall–Kier alpha value is -4.09. The zero-order chi connectivity index (χ0) is 34.1. The number of rotatable bonds is 10. The number of aromatic nitrogens is 1. The minimum Gasteiger partial charge on any atom is -0.484 e. The van der Waals surface area contributed by atoms with Crippen molar-refractivity contribution in [2.45, 2.75) is 107 Å². The van der Waals surface area contributed by atoms with Gasteiger partial charge >= 0.3 is 0 Å². The van der Waals surface area contributed by atoms with Gasteiger partial charge < -0.3 is 29.9 Å². The fourth-order valence-electron chi connectivity index (χ4n) is 8.26. The van der Waals surface area contributed by atoms with Crippen LogP contribution in [0.4, 0.5) is 14.5 Å². The van der Waals surface area contributed by atoms with E-state index < -0.39 is 41.3 Å². The number of nitrogens with zero attached hydrogens (tertiary/aromatic N) is 2. The van der Waals surface area contributed by atoms with Crippen molar-refractivity contribution in [3.05, 3.63) is 93.4 Å². The molecule has 3 fully saturated rings. The second-order valence-electron chi connectivity index (χ2n) is 14.2. The number of amides is 2. The van der Waals surface area contributed by atoms with Gasteiger partial charge in [-0.15, -0.1) is 0 Å². The monoisotopic (exact) mass is 674 g/mol. The fourth-order valence-corrected chi connectivity index (χ4v) is 8.26. The summed E-state index contributed by atoms with van der Waals surface area (Å²) in [6.07, 6.45) is 9.40. The zero-order valence-corrected chi connectivity index (χ0v) is 27.6. The van der Waals surface area contributed by atoms with E-state index in [0.29, 0.717) is 37.8 Å². The lowest BCUT2D eigenvalue weighted by molar-refractivity contribution is -0.117. The molecule has 0 bridgehead atoms. The SMILES string of the molecule is O=C(N[C@@H](Cc1ccccc1)[C@H](O)CN[C@H]1CC2(CCCC2)Oc2c(F)cc(F)cc21)c1cc(N2CCCC2=O)c(=O)n(C2CCCC2)c1. The van der Waals surface area contributed by atoms with Crippen LogP contribution in [0, 0.1) is 11.6 Å². The second kappa shape index (κ2) is 14.0. The first-order valence-electron chi connectivity index (χ1n) is 17.7. The number of nitrogens with one attached hydrogen (secondary N) is 2. The van der Waals surface area contributed by atoms with Crippen LogP contribution >= 0.6 is 0 Å². The summed E-state index contributed by atoms with van der Waals surface area (Å²) in [6, 6.07) is 11.9. The number of pyridine rings is 1. The summed E-state index contributed by atoms with van der Waals surface area (Å²) >= 11 is 0. The molecule has 3 N–H and O–H groups in total. The Kier molecular flexibility index (Phi) is 9.57. The average molecular weight is 675 g/mol. The number of hydrogen-bond donors (Lipinski definition) is 3. The Balaban J connectivity index is 1.15. The van der Waals surface area contributed by atoms with Gasteiger partial charge in [0.05, 0.1) is 17.7 Å². The predicted octanol–water partition coefficient (Wildman–Crippen LogP) is 5.50. The normalized spacial score (nSPS) is 21.5. The van der Waals surface area contributed by atoms with Crippen LogP contribution in [-0.4, -0.2) is 52.3 Å². The van der Waals surface area contributed by atoms with Crippen LogP contribution in [0.1, 0.15) is 104 Å². The molecule has 1 spiro atoms. The molecular formula is C38H44F2N4O5. The Bertz CT molecular complexity index is 1750.